The van der Waals surface area contributed by atoms with Crippen molar-refractivity contribution in [1.82, 2.24) is 5.32 Å². The van der Waals surface area contributed by atoms with E-state index in [2.05, 4.69) is 39.6 Å². The van der Waals surface area contributed by atoms with Gasteiger partial charge in [-0.25, -0.2) is 0 Å². The molecule has 2 saturated carbocycles. The van der Waals surface area contributed by atoms with Gasteiger partial charge < -0.3 is 5.32 Å². The van der Waals surface area contributed by atoms with Gasteiger partial charge in [0.05, 0.1) is 0 Å². The zero-order valence-corrected chi connectivity index (χ0v) is 14.8. The average molecular weight is 356 g/mol. The minimum absolute atomic E-state index is 0.675. The summed E-state index contributed by atoms with van der Waals surface area (Å²) in [6.45, 7) is 3.43. The monoisotopic (exact) mass is 355 g/mol. The lowest BCUT2D eigenvalue weighted by Crippen LogP contribution is -2.34. The van der Waals surface area contributed by atoms with Crippen LogP contribution >= 0.6 is 27.3 Å². The van der Waals surface area contributed by atoms with Crippen LogP contribution in [0.3, 0.4) is 0 Å². The van der Waals surface area contributed by atoms with Crippen molar-refractivity contribution in [3.8, 4) is 0 Å². The highest BCUT2D eigenvalue weighted by atomic mass is 79.9. The second-order valence-corrected chi connectivity index (χ2v) is 8.57. The van der Waals surface area contributed by atoms with E-state index in [0.29, 0.717) is 6.04 Å². The zero-order valence-electron chi connectivity index (χ0n) is 12.4. The van der Waals surface area contributed by atoms with Gasteiger partial charge in [0.1, 0.15) is 0 Å². The van der Waals surface area contributed by atoms with Gasteiger partial charge in [0.15, 0.2) is 0 Å². The lowest BCUT2D eigenvalue weighted by atomic mass is 9.83. The second-order valence-electron chi connectivity index (χ2n) is 6.72. The number of halogens is 1. The van der Waals surface area contributed by atoms with Crippen LogP contribution in [0, 0.1) is 17.8 Å². The summed E-state index contributed by atoms with van der Waals surface area (Å²) in [5, 5.41) is 6.01. The van der Waals surface area contributed by atoms with Gasteiger partial charge in [-0.1, -0.05) is 13.3 Å². The molecule has 1 aromatic rings. The summed E-state index contributed by atoms with van der Waals surface area (Å²) >= 11 is 5.59. The van der Waals surface area contributed by atoms with Crippen LogP contribution in [0.1, 0.15) is 50.3 Å². The van der Waals surface area contributed by atoms with Crippen LogP contribution in [0.2, 0.25) is 0 Å². The molecule has 0 aromatic carbocycles. The molecule has 4 atom stereocenters. The first-order valence-corrected chi connectivity index (χ1v) is 9.88. The van der Waals surface area contributed by atoms with E-state index in [4.69, 9.17) is 0 Å². The summed E-state index contributed by atoms with van der Waals surface area (Å²) in [5.41, 5.74) is 0. The van der Waals surface area contributed by atoms with Gasteiger partial charge in [0.2, 0.25) is 0 Å². The fourth-order valence-corrected chi connectivity index (χ4v) is 5.91. The molecule has 0 amide bonds. The summed E-state index contributed by atoms with van der Waals surface area (Å²) in [5.74, 6) is 3.13. The molecule has 2 fully saturated rings. The van der Waals surface area contributed by atoms with Crippen molar-refractivity contribution in [2.75, 3.05) is 6.54 Å². The fraction of sp³-hybridized carbons (Fsp3) is 0.765. The SMILES string of the molecule is CCCNC(Cc1sccc1Br)CC1CC2CCC1C2. The van der Waals surface area contributed by atoms with Gasteiger partial charge in [0.25, 0.3) is 0 Å². The standard InChI is InChI=1S/C17H26BrNS/c1-2-6-19-15(11-17-16(18)5-7-20-17)10-14-9-12-3-4-13(14)8-12/h5,7,12-15,19H,2-4,6,8-11H2,1H3. The van der Waals surface area contributed by atoms with E-state index in [9.17, 15) is 0 Å². The Labute approximate surface area is 135 Å². The van der Waals surface area contributed by atoms with Gasteiger partial charge in [0, 0.05) is 15.4 Å². The summed E-state index contributed by atoms with van der Waals surface area (Å²) in [6, 6.07) is 2.86. The maximum atomic E-state index is 3.81. The fourth-order valence-electron chi connectivity index (χ4n) is 4.31. The molecular formula is C17H26BrNS. The van der Waals surface area contributed by atoms with Crippen LogP contribution in [0.4, 0.5) is 0 Å². The molecular weight excluding hydrogens is 330 g/mol. The lowest BCUT2D eigenvalue weighted by Gasteiger charge is -2.27. The molecule has 3 heteroatoms. The maximum Gasteiger partial charge on any atom is 0.0314 e. The van der Waals surface area contributed by atoms with Crippen LogP contribution in [-0.4, -0.2) is 12.6 Å². The van der Waals surface area contributed by atoms with E-state index in [1.165, 1.54) is 54.3 Å². The molecule has 1 heterocycles. The molecule has 1 aromatic heterocycles. The topological polar surface area (TPSA) is 12.0 Å². The van der Waals surface area contributed by atoms with Crippen molar-refractivity contribution < 1.29 is 0 Å². The smallest absolute Gasteiger partial charge is 0.0314 e. The van der Waals surface area contributed by atoms with E-state index in [1.54, 1.807) is 0 Å². The van der Waals surface area contributed by atoms with Crippen LogP contribution in [0.25, 0.3) is 0 Å². The van der Waals surface area contributed by atoms with Gasteiger partial charge >= 0.3 is 0 Å². The predicted molar refractivity (Wildman–Crippen MR) is 91.4 cm³/mol. The lowest BCUT2D eigenvalue weighted by molar-refractivity contribution is 0.277. The Kier molecular flexibility index (Phi) is 5.22. The van der Waals surface area contributed by atoms with Gasteiger partial charge in [-0.3, -0.25) is 0 Å². The largest absolute Gasteiger partial charge is 0.314 e. The number of fused-ring (bicyclic) bond motifs is 2. The number of rotatable bonds is 7. The highest BCUT2D eigenvalue weighted by Crippen LogP contribution is 2.50. The van der Waals surface area contributed by atoms with Gasteiger partial charge in [-0.2, -0.15) is 0 Å². The predicted octanol–water partition coefficient (Wildman–Crippen LogP) is 5.25. The third kappa shape index (κ3) is 3.48. The summed E-state index contributed by atoms with van der Waals surface area (Å²) in [4.78, 5) is 1.52. The Bertz CT molecular complexity index is 430. The summed E-state index contributed by atoms with van der Waals surface area (Å²) in [6.07, 6.45) is 9.91. The van der Waals surface area contributed by atoms with E-state index in [-0.39, 0.29) is 0 Å². The highest BCUT2D eigenvalue weighted by molar-refractivity contribution is 9.10. The Morgan fingerprint density at radius 3 is 2.90 bits per heavy atom. The van der Waals surface area contributed by atoms with Crippen molar-refractivity contribution in [2.45, 2.75) is 57.9 Å². The molecule has 2 bridgehead atoms. The minimum atomic E-state index is 0.675. The Balaban J connectivity index is 1.59. The molecule has 0 radical (unpaired) electrons. The van der Waals surface area contributed by atoms with E-state index in [0.717, 1.165) is 24.3 Å². The van der Waals surface area contributed by atoms with Crippen LogP contribution in [-0.2, 0) is 6.42 Å². The molecule has 112 valence electrons. The van der Waals surface area contributed by atoms with Crippen LogP contribution < -0.4 is 5.32 Å². The molecule has 20 heavy (non-hydrogen) atoms. The Morgan fingerprint density at radius 1 is 1.40 bits per heavy atom. The van der Waals surface area contributed by atoms with Crippen molar-refractivity contribution in [2.24, 2.45) is 17.8 Å². The first kappa shape index (κ1) is 15.1. The first-order chi connectivity index (χ1) is 9.76. The van der Waals surface area contributed by atoms with Crippen LogP contribution in [0.15, 0.2) is 15.9 Å². The molecule has 2 aliphatic carbocycles. The summed E-state index contributed by atoms with van der Waals surface area (Å²) < 4.78 is 1.30. The van der Waals surface area contributed by atoms with Gasteiger partial charge in [-0.05, 0) is 90.2 Å². The number of hydrogen-bond acceptors (Lipinski definition) is 2. The minimum Gasteiger partial charge on any atom is -0.314 e. The Hall–Kier alpha value is 0.140. The first-order valence-electron chi connectivity index (χ1n) is 8.21. The number of hydrogen-bond donors (Lipinski definition) is 1. The van der Waals surface area contributed by atoms with Crippen molar-refractivity contribution in [3.05, 3.63) is 20.8 Å². The molecule has 0 saturated heterocycles. The third-order valence-electron chi connectivity index (χ3n) is 5.28. The quantitative estimate of drug-likeness (QED) is 0.704. The molecule has 2 aliphatic rings. The average Bonchev–Trinajstić information content (AvgIpc) is 3.14. The van der Waals surface area contributed by atoms with Crippen molar-refractivity contribution in [1.29, 1.82) is 0 Å². The highest BCUT2D eigenvalue weighted by Gasteiger charge is 2.40. The van der Waals surface area contributed by atoms with Crippen LogP contribution in [0.5, 0.6) is 0 Å². The second kappa shape index (κ2) is 6.93. The molecule has 0 aliphatic heterocycles. The van der Waals surface area contributed by atoms with Crippen molar-refractivity contribution in [3.63, 3.8) is 0 Å². The van der Waals surface area contributed by atoms with E-state index < -0.39 is 0 Å². The molecule has 1 N–H and O–H groups in total. The normalized spacial score (nSPS) is 30.0. The molecule has 0 spiro atoms. The Morgan fingerprint density at radius 2 is 2.30 bits per heavy atom. The van der Waals surface area contributed by atoms with Crippen molar-refractivity contribution >= 4 is 27.3 Å². The number of thiophene rings is 1. The maximum absolute atomic E-state index is 3.81. The molecule has 3 rings (SSSR count). The number of nitrogens with one attached hydrogen (secondary N) is 1. The third-order valence-corrected chi connectivity index (χ3v) is 7.23. The zero-order chi connectivity index (χ0) is 13.9. The van der Waals surface area contributed by atoms with E-state index >= 15 is 0 Å². The molecule has 1 nitrogen and oxygen atoms in total. The summed E-state index contributed by atoms with van der Waals surface area (Å²) in [7, 11) is 0. The molecule has 4 unspecified atom stereocenters. The van der Waals surface area contributed by atoms with Gasteiger partial charge in [-0.15, -0.1) is 11.3 Å². The van der Waals surface area contributed by atoms with E-state index in [1.807, 2.05) is 11.3 Å².